The smallest absolute Gasteiger partial charge is 0.138 e. The average Bonchev–Trinajstić information content (AvgIpc) is 2.53. The fraction of sp³-hybridized carbons (Fsp3) is 0.278. The number of nitrogens with two attached hydrogens (primary N) is 2. The van der Waals surface area contributed by atoms with Crippen molar-refractivity contribution in [3.05, 3.63) is 71.3 Å². The van der Waals surface area contributed by atoms with E-state index in [2.05, 4.69) is 5.32 Å². The first kappa shape index (κ1) is 16.4. The van der Waals surface area contributed by atoms with Gasteiger partial charge in [-0.1, -0.05) is 54.6 Å². The van der Waals surface area contributed by atoms with E-state index in [1.54, 1.807) is 0 Å². The zero-order valence-electron chi connectivity index (χ0n) is 12.7. The zero-order valence-corrected chi connectivity index (χ0v) is 12.7. The summed E-state index contributed by atoms with van der Waals surface area (Å²) in [5, 5.41) is 3.28. The van der Waals surface area contributed by atoms with Crippen molar-refractivity contribution in [2.45, 2.75) is 25.6 Å². The lowest BCUT2D eigenvalue weighted by Gasteiger charge is -2.08. The fourth-order valence-corrected chi connectivity index (χ4v) is 2.23. The lowest BCUT2D eigenvalue weighted by atomic mass is 10.1. The number of hydrogen-bond donors (Lipinski definition) is 3. The molecule has 5 N–H and O–H groups in total. The third-order valence-corrected chi connectivity index (χ3v) is 3.52. The maximum absolute atomic E-state index is 11.9. The first-order valence-corrected chi connectivity index (χ1v) is 7.51. The molecule has 0 atom stereocenters. The van der Waals surface area contributed by atoms with E-state index in [-0.39, 0.29) is 5.78 Å². The number of carbonyl (C=O) groups excluding carboxylic acids is 1. The highest BCUT2D eigenvalue weighted by Gasteiger charge is 2.03. The molecule has 0 radical (unpaired) electrons. The van der Waals surface area contributed by atoms with Crippen molar-refractivity contribution >= 4 is 5.78 Å². The van der Waals surface area contributed by atoms with Gasteiger partial charge < -0.3 is 16.8 Å². The van der Waals surface area contributed by atoms with Gasteiger partial charge in [-0.3, -0.25) is 4.79 Å². The Hall–Kier alpha value is -2.01. The van der Waals surface area contributed by atoms with Crippen molar-refractivity contribution in [1.29, 1.82) is 0 Å². The molecule has 0 saturated carbocycles. The Bertz CT molecular complexity index is 579. The van der Waals surface area contributed by atoms with Gasteiger partial charge in [0.1, 0.15) is 5.78 Å². The van der Waals surface area contributed by atoms with Gasteiger partial charge >= 0.3 is 0 Å². The highest BCUT2D eigenvalue weighted by molar-refractivity contribution is 5.80. The van der Waals surface area contributed by atoms with Gasteiger partial charge in [0.25, 0.3) is 0 Å². The fourth-order valence-electron chi connectivity index (χ4n) is 2.23. The largest absolute Gasteiger partial charge is 0.312 e. The van der Waals surface area contributed by atoms with Gasteiger partial charge in [0.2, 0.25) is 0 Å². The second-order valence-electron chi connectivity index (χ2n) is 5.40. The van der Waals surface area contributed by atoms with Crippen LogP contribution in [0.2, 0.25) is 0 Å². The molecule has 0 aliphatic heterocycles. The predicted octanol–water partition coefficient (Wildman–Crippen LogP) is 1.89. The molecule has 0 saturated heterocycles. The van der Waals surface area contributed by atoms with E-state index >= 15 is 0 Å². The van der Waals surface area contributed by atoms with E-state index in [1.165, 1.54) is 0 Å². The van der Waals surface area contributed by atoms with Gasteiger partial charge in [0, 0.05) is 25.9 Å². The molecule has 0 unspecified atom stereocenters. The highest BCUT2D eigenvalue weighted by atomic mass is 16.1. The Morgan fingerprint density at radius 2 is 1.64 bits per heavy atom. The van der Waals surface area contributed by atoms with Crippen molar-refractivity contribution in [3.8, 4) is 0 Å². The Morgan fingerprint density at radius 1 is 0.955 bits per heavy atom. The molecule has 0 aromatic heterocycles. The average molecular weight is 297 g/mol. The van der Waals surface area contributed by atoms with E-state index < -0.39 is 6.17 Å². The molecule has 0 heterocycles. The minimum Gasteiger partial charge on any atom is -0.312 e. The number of benzene rings is 2. The molecule has 4 heteroatoms. The van der Waals surface area contributed by atoms with Gasteiger partial charge in [0.05, 0.1) is 6.17 Å². The number of nitrogens with one attached hydrogen (secondary N) is 1. The van der Waals surface area contributed by atoms with Gasteiger partial charge in [-0.15, -0.1) is 0 Å². The molecule has 0 amide bonds. The molecule has 0 spiro atoms. The molecular formula is C18H23N3O. The first-order valence-electron chi connectivity index (χ1n) is 7.51. The number of rotatable bonds is 8. The van der Waals surface area contributed by atoms with E-state index in [4.69, 9.17) is 11.5 Å². The molecule has 2 rings (SSSR count). The lowest BCUT2D eigenvalue weighted by molar-refractivity contribution is -0.118. The molecule has 22 heavy (non-hydrogen) atoms. The van der Waals surface area contributed by atoms with Crippen LogP contribution in [-0.2, 0) is 17.8 Å². The lowest BCUT2D eigenvalue weighted by Crippen LogP contribution is -2.20. The van der Waals surface area contributed by atoms with Crippen LogP contribution in [0.15, 0.2) is 54.6 Å². The van der Waals surface area contributed by atoms with Crippen molar-refractivity contribution in [3.63, 3.8) is 0 Å². The summed E-state index contributed by atoms with van der Waals surface area (Å²) in [4.78, 5) is 11.9. The van der Waals surface area contributed by atoms with Gasteiger partial charge in [0.15, 0.2) is 0 Å². The van der Waals surface area contributed by atoms with Crippen LogP contribution in [0, 0.1) is 0 Å². The van der Waals surface area contributed by atoms with Crippen molar-refractivity contribution < 1.29 is 4.79 Å². The quantitative estimate of drug-likeness (QED) is 0.513. The van der Waals surface area contributed by atoms with Gasteiger partial charge in [-0.05, 0) is 16.7 Å². The normalized spacial score (nSPS) is 10.9. The van der Waals surface area contributed by atoms with Crippen LogP contribution in [0.25, 0.3) is 0 Å². The van der Waals surface area contributed by atoms with Crippen LogP contribution in [0.3, 0.4) is 0 Å². The molecule has 116 valence electrons. The van der Waals surface area contributed by atoms with E-state index in [1.807, 2.05) is 54.6 Å². The summed E-state index contributed by atoms with van der Waals surface area (Å²) in [6.45, 7) is 1.42. The third kappa shape index (κ3) is 5.41. The molecule has 2 aromatic rings. The second-order valence-corrected chi connectivity index (χ2v) is 5.40. The Morgan fingerprint density at radius 3 is 2.27 bits per heavy atom. The maximum Gasteiger partial charge on any atom is 0.138 e. The number of ketones is 1. The molecule has 0 bridgehead atoms. The van der Waals surface area contributed by atoms with Crippen molar-refractivity contribution in [1.82, 2.24) is 5.32 Å². The van der Waals surface area contributed by atoms with Crippen LogP contribution in [0.5, 0.6) is 0 Å². The number of carbonyl (C=O) groups is 1. The second kappa shape index (κ2) is 8.44. The molecule has 0 aliphatic rings. The molecule has 2 aromatic carbocycles. The summed E-state index contributed by atoms with van der Waals surface area (Å²) in [6.07, 6.45) is 0.615. The minimum absolute atomic E-state index is 0.253. The molecular weight excluding hydrogens is 274 g/mol. The Balaban J connectivity index is 1.67. The minimum atomic E-state index is -0.433. The van der Waals surface area contributed by atoms with Gasteiger partial charge in [-0.25, -0.2) is 0 Å². The predicted molar refractivity (Wildman–Crippen MR) is 89.0 cm³/mol. The summed E-state index contributed by atoms with van der Waals surface area (Å²) < 4.78 is 0. The monoisotopic (exact) mass is 297 g/mol. The van der Waals surface area contributed by atoms with E-state index in [0.29, 0.717) is 19.4 Å². The summed E-state index contributed by atoms with van der Waals surface area (Å²) in [7, 11) is 0. The van der Waals surface area contributed by atoms with Crippen molar-refractivity contribution in [2.75, 3.05) is 6.54 Å². The van der Waals surface area contributed by atoms with Crippen molar-refractivity contribution in [2.24, 2.45) is 11.5 Å². The highest BCUT2D eigenvalue weighted by Crippen LogP contribution is 2.07. The SMILES string of the molecule is NC(N)c1ccc(CNCCC(=O)Cc2ccccc2)cc1. The molecule has 0 fully saturated rings. The number of Topliss-reactive ketones (excluding diaryl/α,β-unsaturated/α-hetero) is 1. The Labute approximate surface area is 131 Å². The van der Waals surface area contributed by atoms with Crippen LogP contribution < -0.4 is 16.8 Å². The van der Waals surface area contributed by atoms with E-state index in [0.717, 1.165) is 23.2 Å². The third-order valence-electron chi connectivity index (χ3n) is 3.52. The standard InChI is InChI=1S/C18H23N3O/c19-18(20)16-8-6-15(7-9-16)13-21-11-10-17(22)12-14-4-2-1-3-5-14/h1-9,18,21H,10-13,19-20H2. The van der Waals surface area contributed by atoms with Crippen LogP contribution in [0.1, 0.15) is 29.3 Å². The van der Waals surface area contributed by atoms with Crippen LogP contribution >= 0.6 is 0 Å². The summed E-state index contributed by atoms with van der Waals surface area (Å²) >= 11 is 0. The van der Waals surface area contributed by atoms with E-state index in [9.17, 15) is 4.79 Å². The van der Waals surface area contributed by atoms with Crippen LogP contribution in [0.4, 0.5) is 0 Å². The maximum atomic E-state index is 11.9. The van der Waals surface area contributed by atoms with Gasteiger partial charge in [-0.2, -0.15) is 0 Å². The summed E-state index contributed by atoms with van der Waals surface area (Å²) in [5.74, 6) is 0.253. The summed E-state index contributed by atoms with van der Waals surface area (Å²) in [6, 6.07) is 17.7. The summed E-state index contributed by atoms with van der Waals surface area (Å²) in [5.41, 5.74) is 14.4. The molecule has 0 aliphatic carbocycles. The number of hydrogen-bond acceptors (Lipinski definition) is 4. The first-order chi connectivity index (χ1) is 10.6. The van der Waals surface area contributed by atoms with Crippen LogP contribution in [-0.4, -0.2) is 12.3 Å². The topological polar surface area (TPSA) is 81.1 Å². The molecule has 4 nitrogen and oxygen atoms in total. The zero-order chi connectivity index (χ0) is 15.8. The Kier molecular flexibility index (Phi) is 6.27.